The van der Waals surface area contributed by atoms with Crippen LogP contribution in [-0.4, -0.2) is 15.9 Å². The topological polar surface area (TPSA) is 76.1 Å². The summed E-state index contributed by atoms with van der Waals surface area (Å²) in [5.74, 6) is 1.48. The number of hydrogen-bond donors (Lipinski definition) is 2. The molecule has 0 atom stereocenters. The van der Waals surface area contributed by atoms with Crippen molar-refractivity contribution in [3.8, 4) is 11.5 Å². The highest BCUT2D eigenvalue weighted by Gasteiger charge is 2.10. The van der Waals surface area contributed by atoms with Crippen LogP contribution in [0, 0.1) is 6.92 Å². The summed E-state index contributed by atoms with van der Waals surface area (Å²) in [6.07, 6.45) is 2.97. The van der Waals surface area contributed by atoms with Gasteiger partial charge in [-0.25, -0.2) is 9.97 Å². The number of benzene rings is 3. The molecule has 0 bridgehead atoms. The standard InChI is InChI=1S/C24H20N4O2/c1-17-8-7-9-19(14-17)27-23(29)18-15-25-24(26-16-18)28-21-12-5-6-13-22(21)30-20-10-3-2-4-11-20/h2-16H,1H3,(H,27,29)(H,25,26,28). The van der Waals surface area contributed by atoms with E-state index in [1.807, 2.05) is 85.8 Å². The molecule has 2 N–H and O–H groups in total. The molecule has 0 aliphatic heterocycles. The summed E-state index contributed by atoms with van der Waals surface area (Å²) in [5, 5.41) is 5.98. The predicted molar refractivity (Wildman–Crippen MR) is 117 cm³/mol. The predicted octanol–water partition coefficient (Wildman–Crippen LogP) is 5.57. The summed E-state index contributed by atoms with van der Waals surface area (Å²) >= 11 is 0. The molecule has 6 nitrogen and oxygen atoms in total. The Hall–Kier alpha value is -4.19. The number of hydrogen-bond acceptors (Lipinski definition) is 5. The van der Waals surface area contributed by atoms with Gasteiger partial charge >= 0.3 is 0 Å². The third-order valence-corrected chi connectivity index (χ3v) is 4.29. The van der Waals surface area contributed by atoms with E-state index in [1.165, 1.54) is 12.4 Å². The van der Waals surface area contributed by atoms with E-state index >= 15 is 0 Å². The molecule has 3 aromatic carbocycles. The van der Waals surface area contributed by atoms with E-state index in [9.17, 15) is 4.79 Å². The number of ether oxygens (including phenoxy) is 1. The lowest BCUT2D eigenvalue weighted by Crippen LogP contribution is -2.13. The summed E-state index contributed by atoms with van der Waals surface area (Å²) in [7, 11) is 0. The number of nitrogens with zero attached hydrogens (tertiary/aromatic N) is 2. The second-order valence-electron chi connectivity index (χ2n) is 6.66. The first-order chi connectivity index (χ1) is 14.7. The van der Waals surface area contributed by atoms with Crippen molar-refractivity contribution in [1.82, 2.24) is 9.97 Å². The zero-order valence-electron chi connectivity index (χ0n) is 16.4. The number of carbonyl (C=O) groups is 1. The SMILES string of the molecule is Cc1cccc(NC(=O)c2cnc(Nc3ccccc3Oc3ccccc3)nc2)c1. The van der Waals surface area contributed by atoms with Crippen molar-refractivity contribution >= 4 is 23.2 Å². The molecule has 148 valence electrons. The Kier molecular flexibility index (Phi) is 5.66. The first kappa shape index (κ1) is 19.1. The van der Waals surface area contributed by atoms with Crippen molar-refractivity contribution in [3.63, 3.8) is 0 Å². The smallest absolute Gasteiger partial charge is 0.258 e. The van der Waals surface area contributed by atoms with E-state index in [-0.39, 0.29) is 5.91 Å². The second kappa shape index (κ2) is 8.87. The lowest BCUT2D eigenvalue weighted by molar-refractivity contribution is 0.102. The molecule has 1 heterocycles. The molecule has 1 amide bonds. The van der Waals surface area contributed by atoms with Crippen molar-refractivity contribution in [2.75, 3.05) is 10.6 Å². The Morgan fingerprint density at radius 3 is 2.37 bits per heavy atom. The second-order valence-corrected chi connectivity index (χ2v) is 6.66. The maximum Gasteiger partial charge on any atom is 0.258 e. The molecule has 6 heteroatoms. The van der Waals surface area contributed by atoms with Crippen LogP contribution in [0.15, 0.2) is 91.3 Å². The number of para-hydroxylation sites is 3. The molecular weight excluding hydrogens is 376 g/mol. The average Bonchev–Trinajstić information content (AvgIpc) is 2.76. The Bertz CT molecular complexity index is 1150. The fraction of sp³-hybridized carbons (Fsp3) is 0.0417. The van der Waals surface area contributed by atoms with Crippen LogP contribution >= 0.6 is 0 Å². The molecule has 0 aliphatic carbocycles. The van der Waals surface area contributed by atoms with Crippen molar-refractivity contribution in [3.05, 3.63) is 102 Å². The first-order valence-electron chi connectivity index (χ1n) is 9.46. The van der Waals surface area contributed by atoms with Gasteiger partial charge in [-0.3, -0.25) is 4.79 Å². The highest BCUT2D eigenvalue weighted by Crippen LogP contribution is 2.30. The molecule has 30 heavy (non-hydrogen) atoms. The number of amides is 1. The fourth-order valence-electron chi connectivity index (χ4n) is 2.83. The van der Waals surface area contributed by atoms with Gasteiger partial charge < -0.3 is 15.4 Å². The van der Waals surface area contributed by atoms with Gasteiger partial charge in [-0.2, -0.15) is 0 Å². The quantitative estimate of drug-likeness (QED) is 0.445. The average molecular weight is 396 g/mol. The van der Waals surface area contributed by atoms with Gasteiger partial charge in [0.25, 0.3) is 5.91 Å². The zero-order chi connectivity index (χ0) is 20.8. The van der Waals surface area contributed by atoms with E-state index in [0.29, 0.717) is 17.3 Å². The van der Waals surface area contributed by atoms with Gasteiger partial charge in [0.15, 0.2) is 5.75 Å². The molecule has 4 rings (SSSR count). The van der Waals surface area contributed by atoms with Crippen molar-refractivity contribution in [1.29, 1.82) is 0 Å². The molecule has 0 unspecified atom stereocenters. The number of aryl methyl sites for hydroxylation is 1. The van der Waals surface area contributed by atoms with Crippen LogP contribution in [0.5, 0.6) is 11.5 Å². The molecule has 4 aromatic rings. The number of rotatable bonds is 6. The minimum atomic E-state index is -0.264. The van der Waals surface area contributed by atoms with Crippen molar-refractivity contribution in [2.24, 2.45) is 0 Å². The monoisotopic (exact) mass is 396 g/mol. The molecule has 0 aliphatic rings. The molecular formula is C24H20N4O2. The summed E-state index contributed by atoms with van der Waals surface area (Å²) in [6, 6.07) is 24.6. The molecule has 0 radical (unpaired) electrons. The van der Waals surface area contributed by atoms with Gasteiger partial charge in [-0.15, -0.1) is 0 Å². The molecule has 0 fully saturated rings. The first-order valence-corrected chi connectivity index (χ1v) is 9.46. The molecule has 0 spiro atoms. The number of aromatic nitrogens is 2. The van der Waals surface area contributed by atoms with Crippen LogP contribution in [0.4, 0.5) is 17.3 Å². The summed E-state index contributed by atoms with van der Waals surface area (Å²) in [5.41, 5.74) is 2.89. The van der Waals surface area contributed by atoms with Gasteiger partial charge in [-0.05, 0) is 48.9 Å². The summed E-state index contributed by atoms with van der Waals surface area (Å²) in [4.78, 5) is 20.9. The molecule has 0 saturated carbocycles. The largest absolute Gasteiger partial charge is 0.455 e. The Labute approximate surface area is 174 Å². The molecule has 0 saturated heterocycles. The lowest BCUT2D eigenvalue weighted by atomic mass is 10.2. The van der Waals surface area contributed by atoms with E-state index in [1.54, 1.807) is 0 Å². The van der Waals surface area contributed by atoms with Crippen LogP contribution < -0.4 is 15.4 Å². The van der Waals surface area contributed by atoms with E-state index < -0.39 is 0 Å². The highest BCUT2D eigenvalue weighted by atomic mass is 16.5. The third-order valence-electron chi connectivity index (χ3n) is 4.29. The molecule has 1 aromatic heterocycles. The van der Waals surface area contributed by atoms with Crippen LogP contribution in [0.2, 0.25) is 0 Å². The minimum Gasteiger partial charge on any atom is -0.455 e. The van der Waals surface area contributed by atoms with Gasteiger partial charge in [0.1, 0.15) is 5.75 Å². The number of nitrogens with one attached hydrogen (secondary N) is 2. The van der Waals surface area contributed by atoms with E-state index in [0.717, 1.165) is 22.7 Å². The van der Waals surface area contributed by atoms with Crippen LogP contribution in [0.3, 0.4) is 0 Å². The fourth-order valence-corrected chi connectivity index (χ4v) is 2.83. The van der Waals surface area contributed by atoms with Gasteiger partial charge in [-0.1, -0.05) is 42.5 Å². The minimum absolute atomic E-state index is 0.264. The Morgan fingerprint density at radius 1 is 0.867 bits per heavy atom. The Morgan fingerprint density at radius 2 is 1.60 bits per heavy atom. The summed E-state index contributed by atoms with van der Waals surface area (Å²) < 4.78 is 5.94. The van der Waals surface area contributed by atoms with Crippen LogP contribution in [0.1, 0.15) is 15.9 Å². The number of anilines is 3. The number of carbonyl (C=O) groups excluding carboxylic acids is 1. The normalized spacial score (nSPS) is 10.3. The van der Waals surface area contributed by atoms with Crippen molar-refractivity contribution in [2.45, 2.75) is 6.92 Å². The van der Waals surface area contributed by atoms with Crippen molar-refractivity contribution < 1.29 is 9.53 Å². The summed E-state index contributed by atoms with van der Waals surface area (Å²) in [6.45, 7) is 1.97. The van der Waals surface area contributed by atoms with Crippen LogP contribution in [0.25, 0.3) is 0 Å². The Balaban J connectivity index is 1.46. The van der Waals surface area contributed by atoms with Gasteiger partial charge in [0.2, 0.25) is 5.95 Å². The maximum absolute atomic E-state index is 12.4. The van der Waals surface area contributed by atoms with E-state index in [4.69, 9.17) is 4.74 Å². The highest BCUT2D eigenvalue weighted by molar-refractivity contribution is 6.03. The lowest BCUT2D eigenvalue weighted by Gasteiger charge is -2.12. The van der Waals surface area contributed by atoms with Crippen LogP contribution in [-0.2, 0) is 0 Å². The third kappa shape index (κ3) is 4.80. The maximum atomic E-state index is 12.4. The van der Waals surface area contributed by atoms with Gasteiger partial charge in [0, 0.05) is 18.1 Å². The zero-order valence-corrected chi connectivity index (χ0v) is 16.4. The van der Waals surface area contributed by atoms with Gasteiger partial charge in [0.05, 0.1) is 11.3 Å². The van der Waals surface area contributed by atoms with E-state index in [2.05, 4.69) is 20.6 Å².